The number of carbonyl (C=O) groups is 1. The van der Waals surface area contributed by atoms with Crippen molar-refractivity contribution in [3.63, 3.8) is 0 Å². The minimum absolute atomic E-state index is 0.0251. The van der Waals surface area contributed by atoms with Crippen molar-refractivity contribution >= 4 is 15.6 Å². The summed E-state index contributed by atoms with van der Waals surface area (Å²) in [5.41, 5.74) is 2.42. The first-order valence-corrected chi connectivity index (χ1v) is 10.5. The summed E-state index contributed by atoms with van der Waals surface area (Å²) < 4.78 is 25.2. The molecule has 138 valence electrons. The molecule has 0 aliphatic heterocycles. The Balaban J connectivity index is 1.68. The molecule has 0 amide bonds. The second-order valence-electron chi connectivity index (χ2n) is 6.70. The van der Waals surface area contributed by atoms with Gasteiger partial charge >= 0.3 is 0 Å². The predicted octanol–water partition coefficient (Wildman–Crippen LogP) is 2.23. The van der Waals surface area contributed by atoms with Crippen LogP contribution in [0.25, 0.3) is 0 Å². The molecule has 1 fully saturated rings. The van der Waals surface area contributed by atoms with Crippen molar-refractivity contribution in [3.05, 3.63) is 71.3 Å². The highest BCUT2D eigenvalue weighted by Crippen LogP contribution is 2.40. The fourth-order valence-electron chi connectivity index (χ4n) is 2.91. The maximum Gasteiger partial charge on any atom is 0.247 e. The lowest BCUT2D eigenvalue weighted by Gasteiger charge is -2.06. The van der Waals surface area contributed by atoms with E-state index < -0.39 is 15.6 Å². The Morgan fingerprint density at radius 2 is 1.89 bits per heavy atom. The lowest BCUT2D eigenvalue weighted by atomic mass is 10.2. The molecule has 1 aliphatic carbocycles. The molecule has 0 bridgehead atoms. The molecule has 27 heavy (non-hydrogen) atoms. The monoisotopic (exact) mass is 382 g/mol. The number of hydrogen-bond acceptors (Lipinski definition) is 6. The van der Waals surface area contributed by atoms with Gasteiger partial charge in [0.05, 0.1) is 6.54 Å². The molecular formula is C19H18N4O3S. The molecule has 0 N–H and O–H groups in total. The summed E-state index contributed by atoms with van der Waals surface area (Å²) in [6.07, 6.45) is 4.45. The smallest absolute Gasteiger partial charge is 0.247 e. The summed E-state index contributed by atoms with van der Waals surface area (Å²) >= 11 is 0. The molecule has 4 rings (SSSR count). The normalized spacial score (nSPS) is 14.3. The van der Waals surface area contributed by atoms with Gasteiger partial charge in [0, 0.05) is 24.1 Å². The minimum Gasteiger partial charge on any atom is -0.285 e. The van der Waals surface area contributed by atoms with Crippen LogP contribution < -0.4 is 0 Å². The van der Waals surface area contributed by atoms with Crippen LogP contribution in [0.5, 0.6) is 0 Å². The van der Waals surface area contributed by atoms with Crippen LogP contribution in [0.3, 0.4) is 0 Å². The summed E-state index contributed by atoms with van der Waals surface area (Å²) in [7, 11) is -3.59. The van der Waals surface area contributed by atoms with E-state index in [9.17, 15) is 13.2 Å². The predicted molar refractivity (Wildman–Crippen MR) is 98.3 cm³/mol. The number of aromatic nitrogens is 4. The van der Waals surface area contributed by atoms with Gasteiger partial charge in [0.15, 0.2) is 0 Å². The van der Waals surface area contributed by atoms with Crippen LogP contribution in [0.4, 0.5) is 0 Å². The van der Waals surface area contributed by atoms with Crippen LogP contribution in [-0.4, -0.2) is 40.2 Å². The zero-order valence-corrected chi connectivity index (χ0v) is 15.6. The van der Waals surface area contributed by atoms with Gasteiger partial charge in [0.1, 0.15) is 11.4 Å². The molecule has 1 saturated carbocycles. The van der Waals surface area contributed by atoms with Gasteiger partial charge in [-0.3, -0.25) is 9.48 Å². The molecular weight excluding hydrogens is 364 g/mol. The van der Waals surface area contributed by atoms with E-state index in [0.717, 1.165) is 30.4 Å². The van der Waals surface area contributed by atoms with Crippen LogP contribution in [0, 0.1) is 0 Å². The average Bonchev–Trinajstić information content (AvgIpc) is 3.42. The highest BCUT2D eigenvalue weighted by Gasteiger charge is 2.30. The highest BCUT2D eigenvalue weighted by atomic mass is 32.2. The molecule has 0 atom stereocenters. The molecule has 7 nitrogen and oxygen atoms in total. The van der Waals surface area contributed by atoms with Crippen LogP contribution in [-0.2, 0) is 16.4 Å². The Morgan fingerprint density at radius 1 is 1.15 bits per heavy atom. The van der Waals surface area contributed by atoms with Crippen LogP contribution in [0.1, 0.15) is 46.2 Å². The molecule has 1 aliphatic rings. The van der Waals surface area contributed by atoms with Crippen molar-refractivity contribution in [1.82, 2.24) is 19.7 Å². The summed E-state index contributed by atoms with van der Waals surface area (Å²) in [5, 5.41) is 4.13. The zero-order chi connectivity index (χ0) is 19.0. The maximum atomic E-state index is 12.8. The van der Waals surface area contributed by atoms with Gasteiger partial charge in [-0.25, -0.2) is 18.4 Å². The molecule has 2 heterocycles. The first-order valence-electron chi connectivity index (χ1n) is 8.61. The van der Waals surface area contributed by atoms with Gasteiger partial charge in [-0.1, -0.05) is 30.3 Å². The van der Waals surface area contributed by atoms with E-state index in [0.29, 0.717) is 12.5 Å². The number of ketones is 1. The fourth-order valence-corrected chi connectivity index (χ4v) is 3.43. The number of rotatable bonds is 6. The Bertz CT molecular complexity index is 1100. The van der Waals surface area contributed by atoms with Crippen molar-refractivity contribution in [2.75, 3.05) is 6.26 Å². The Hall–Kier alpha value is -2.87. The third-order valence-electron chi connectivity index (χ3n) is 4.41. The van der Waals surface area contributed by atoms with Crippen LogP contribution in [0.15, 0.2) is 53.8 Å². The second kappa shape index (κ2) is 6.70. The lowest BCUT2D eigenvalue weighted by Crippen LogP contribution is -2.11. The fraction of sp³-hybridized carbons (Fsp3) is 0.263. The summed E-state index contributed by atoms with van der Waals surface area (Å²) in [5.74, 6) is 0.00996. The largest absolute Gasteiger partial charge is 0.285 e. The van der Waals surface area contributed by atoms with Crippen LogP contribution >= 0.6 is 0 Å². The van der Waals surface area contributed by atoms with E-state index >= 15 is 0 Å². The lowest BCUT2D eigenvalue weighted by molar-refractivity contribution is 0.102. The van der Waals surface area contributed by atoms with E-state index in [1.54, 1.807) is 6.07 Å². The Morgan fingerprint density at radius 3 is 2.56 bits per heavy atom. The van der Waals surface area contributed by atoms with E-state index in [2.05, 4.69) is 15.1 Å². The summed E-state index contributed by atoms with van der Waals surface area (Å²) in [6.45, 7) is 0.582. The average molecular weight is 382 g/mol. The van der Waals surface area contributed by atoms with Gasteiger partial charge in [0.2, 0.25) is 20.8 Å². The zero-order valence-electron chi connectivity index (χ0n) is 14.7. The topological polar surface area (TPSA) is 94.8 Å². The molecule has 0 radical (unpaired) electrons. The van der Waals surface area contributed by atoms with Gasteiger partial charge in [0.25, 0.3) is 0 Å². The number of carbonyl (C=O) groups excluding carboxylic acids is 1. The highest BCUT2D eigenvalue weighted by molar-refractivity contribution is 7.90. The Kier molecular flexibility index (Phi) is 4.35. The minimum atomic E-state index is -3.59. The summed E-state index contributed by atoms with van der Waals surface area (Å²) in [6, 6.07) is 13.1. The molecule has 3 aromatic rings. The number of nitrogens with zero attached hydrogens (tertiary/aromatic N) is 4. The summed E-state index contributed by atoms with van der Waals surface area (Å²) in [4.78, 5) is 20.5. The van der Waals surface area contributed by atoms with E-state index in [4.69, 9.17) is 0 Å². The SMILES string of the molecule is CS(=O)(=O)c1nccc(C(=O)c2cc(C3CC3)n(Cc3ccccc3)n2)n1. The van der Waals surface area contributed by atoms with E-state index in [1.165, 1.54) is 12.3 Å². The quantitative estimate of drug-likeness (QED) is 0.479. The molecule has 8 heteroatoms. The van der Waals surface area contributed by atoms with Gasteiger partial charge in [-0.2, -0.15) is 5.10 Å². The first kappa shape index (κ1) is 17.5. The molecule has 0 saturated heterocycles. The van der Waals surface area contributed by atoms with Gasteiger partial charge in [-0.05, 0) is 30.5 Å². The van der Waals surface area contributed by atoms with Crippen LogP contribution in [0.2, 0.25) is 0 Å². The van der Waals surface area contributed by atoms with E-state index in [1.807, 2.05) is 35.0 Å². The van der Waals surface area contributed by atoms with Crippen molar-refractivity contribution in [1.29, 1.82) is 0 Å². The third kappa shape index (κ3) is 3.80. The molecule has 0 spiro atoms. The third-order valence-corrected chi connectivity index (χ3v) is 5.27. The second-order valence-corrected chi connectivity index (χ2v) is 8.61. The first-order chi connectivity index (χ1) is 12.9. The maximum absolute atomic E-state index is 12.8. The van der Waals surface area contributed by atoms with Crippen molar-refractivity contribution in [2.45, 2.75) is 30.5 Å². The number of hydrogen-bond donors (Lipinski definition) is 0. The Labute approximate surface area is 157 Å². The number of benzene rings is 1. The molecule has 0 unspecified atom stereocenters. The van der Waals surface area contributed by atoms with Crippen molar-refractivity contribution in [3.8, 4) is 0 Å². The van der Waals surface area contributed by atoms with E-state index in [-0.39, 0.29) is 16.5 Å². The molecule has 2 aromatic heterocycles. The van der Waals surface area contributed by atoms with Gasteiger partial charge in [-0.15, -0.1) is 0 Å². The number of sulfone groups is 1. The standard InChI is InChI=1S/C19H18N4O3S/c1-27(25,26)19-20-10-9-15(21-19)18(24)16-11-17(14-7-8-14)23(22-16)12-13-5-3-2-4-6-13/h2-6,9-11,14H,7-8,12H2,1H3. The van der Waals surface area contributed by atoms with Crippen molar-refractivity contribution < 1.29 is 13.2 Å². The van der Waals surface area contributed by atoms with Crippen molar-refractivity contribution in [2.24, 2.45) is 0 Å². The van der Waals surface area contributed by atoms with Gasteiger partial charge < -0.3 is 0 Å². The molecule has 1 aromatic carbocycles.